The average Bonchev–Trinajstić information content (AvgIpc) is 2.66. The van der Waals surface area contributed by atoms with Crippen molar-refractivity contribution in [1.82, 2.24) is 4.73 Å². The highest BCUT2D eigenvalue weighted by atomic mass is 32.2. The first-order valence-electron chi connectivity index (χ1n) is 8.59. The molecular formula is C20H20N2O5S. The number of rotatable bonds is 6. The molecule has 0 spiro atoms. The first-order chi connectivity index (χ1) is 13.3. The monoisotopic (exact) mass is 400 g/mol. The van der Waals surface area contributed by atoms with Gasteiger partial charge in [0.05, 0.1) is 4.90 Å². The Bertz CT molecular complexity index is 1110. The summed E-state index contributed by atoms with van der Waals surface area (Å²) in [5, 5.41) is 9.61. The van der Waals surface area contributed by atoms with Crippen molar-refractivity contribution in [3.05, 3.63) is 83.3 Å². The number of hydrogen-bond acceptors (Lipinski definition) is 5. The Morgan fingerprint density at radius 1 is 0.929 bits per heavy atom. The fraction of sp³-hybridized carbons (Fsp3) is 0.150. The summed E-state index contributed by atoms with van der Waals surface area (Å²) in [6.07, 6.45) is 1.15. The first-order valence-corrected chi connectivity index (χ1v) is 10.0. The van der Waals surface area contributed by atoms with Gasteiger partial charge in [0.25, 0.3) is 10.0 Å². The number of anilines is 1. The number of hydrogen-bond donors (Lipinski definition) is 1. The van der Waals surface area contributed by atoms with Crippen LogP contribution in [0.15, 0.2) is 82.6 Å². The zero-order valence-corrected chi connectivity index (χ0v) is 16.2. The van der Waals surface area contributed by atoms with Crippen LogP contribution in [0.4, 0.5) is 5.69 Å². The van der Waals surface area contributed by atoms with Gasteiger partial charge in [-0.1, -0.05) is 18.2 Å². The van der Waals surface area contributed by atoms with Crippen molar-refractivity contribution in [3.63, 3.8) is 0 Å². The van der Waals surface area contributed by atoms with E-state index in [1.54, 1.807) is 38.1 Å². The van der Waals surface area contributed by atoms with E-state index < -0.39 is 21.6 Å². The molecule has 0 unspecified atom stereocenters. The third kappa shape index (κ3) is 3.86. The summed E-state index contributed by atoms with van der Waals surface area (Å²) in [5.74, 6) is 1.12. The van der Waals surface area contributed by atoms with E-state index in [0.29, 0.717) is 16.2 Å². The number of aromatic nitrogens is 1. The molecule has 0 bridgehead atoms. The van der Waals surface area contributed by atoms with Crippen LogP contribution in [-0.4, -0.2) is 24.4 Å². The Balaban J connectivity index is 1.96. The minimum Gasteiger partial charge on any atom is -0.457 e. The van der Waals surface area contributed by atoms with Crippen molar-refractivity contribution in [3.8, 4) is 11.5 Å². The summed E-state index contributed by atoms with van der Waals surface area (Å²) < 4.78 is 33.4. The minimum atomic E-state index is -4.03. The van der Waals surface area contributed by atoms with Crippen molar-refractivity contribution in [2.75, 3.05) is 4.31 Å². The van der Waals surface area contributed by atoms with Gasteiger partial charge in [-0.15, -0.1) is 0 Å². The Morgan fingerprint density at radius 2 is 1.54 bits per heavy atom. The minimum absolute atomic E-state index is 0.00866. The lowest BCUT2D eigenvalue weighted by atomic mass is 10.3. The van der Waals surface area contributed by atoms with Gasteiger partial charge in [-0.05, 0) is 62.4 Å². The van der Waals surface area contributed by atoms with Gasteiger partial charge in [0.15, 0.2) is 0 Å². The van der Waals surface area contributed by atoms with Gasteiger partial charge >= 0.3 is 5.56 Å². The molecule has 0 amide bonds. The lowest BCUT2D eigenvalue weighted by molar-refractivity contribution is 0.175. The molecule has 0 saturated heterocycles. The second-order valence-corrected chi connectivity index (χ2v) is 8.14. The van der Waals surface area contributed by atoms with E-state index in [0.717, 1.165) is 10.5 Å². The Labute approximate surface area is 163 Å². The maximum absolute atomic E-state index is 13.2. The number of sulfonamides is 1. The van der Waals surface area contributed by atoms with Gasteiger partial charge in [0, 0.05) is 12.2 Å². The number of pyridine rings is 1. The number of nitrogens with zero attached hydrogens (tertiary/aromatic N) is 2. The van der Waals surface area contributed by atoms with Crippen LogP contribution in [0.25, 0.3) is 0 Å². The van der Waals surface area contributed by atoms with Crippen molar-refractivity contribution in [1.29, 1.82) is 0 Å². The Hall–Kier alpha value is -3.26. The van der Waals surface area contributed by atoms with Crippen LogP contribution in [-0.2, 0) is 10.0 Å². The van der Waals surface area contributed by atoms with E-state index in [9.17, 15) is 18.4 Å². The SMILES string of the molecule is CC(C)N(c1cccn(O)c1=O)S(=O)(=O)c1ccc(Oc2ccccc2)cc1. The molecule has 0 fully saturated rings. The normalized spacial score (nSPS) is 11.4. The first kappa shape index (κ1) is 19.5. The van der Waals surface area contributed by atoms with E-state index in [1.807, 2.05) is 18.2 Å². The standard InChI is InChI=1S/C20H20N2O5S/c1-15(2)22(19-9-6-14-21(24)20(19)23)28(25,26)18-12-10-17(11-13-18)27-16-7-4-3-5-8-16/h3-15,24H,1-2H3. The molecule has 0 aliphatic carbocycles. The molecule has 3 rings (SSSR count). The molecule has 0 atom stereocenters. The van der Waals surface area contributed by atoms with E-state index in [2.05, 4.69) is 0 Å². The molecule has 146 valence electrons. The van der Waals surface area contributed by atoms with Gasteiger partial charge in [0.1, 0.15) is 17.2 Å². The molecule has 2 aromatic carbocycles. The van der Waals surface area contributed by atoms with E-state index in [-0.39, 0.29) is 10.6 Å². The van der Waals surface area contributed by atoms with Gasteiger partial charge in [-0.25, -0.2) is 8.42 Å². The fourth-order valence-corrected chi connectivity index (χ4v) is 4.40. The zero-order valence-electron chi connectivity index (χ0n) is 15.4. The van der Waals surface area contributed by atoms with Crippen LogP contribution in [0.1, 0.15) is 13.8 Å². The topological polar surface area (TPSA) is 88.8 Å². The summed E-state index contributed by atoms with van der Waals surface area (Å²) in [6, 6.07) is 17.3. The Kier molecular flexibility index (Phi) is 5.41. The lowest BCUT2D eigenvalue weighted by Gasteiger charge is -2.27. The lowest BCUT2D eigenvalue weighted by Crippen LogP contribution is -2.41. The summed E-state index contributed by atoms with van der Waals surface area (Å²) in [7, 11) is -4.03. The van der Waals surface area contributed by atoms with Crippen LogP contribution in [0.2, 0.25) is 0 Å². The fourth-order valence-electron chi connectivity index (χ4n) is 2.74. The molecule has 0 aliphatic rings. The highest BCUT2D eigenvalue weighted by Crippen LogP contribution is 2.27. The number of ether oxygens (including phenoxy) is 1. The molecule has 1 heterocycles. The van der Waals surface area contributed by atoms with E-state index in [1.165, 1.54) is 24.3 Å². The molecule has 0 aliphatic heterocycles. The predicted octanol–water partition coefficient (Wildman–Crippen LogP) is 3.48. The Morgan fingerprint density at radius 3 is 2.14 bits per heavy atom. The molecule has 1 N–H and O–H groups in total. The van der Waals surface area contributed by atoms with Gasteiger partial charge in [-0.3, -0.25) is 9.10 Å². The second-order valence-electron chi connectivity index (χ2n) is 6.32. The third-order valence-electron chi connectivity index (χ3n) is 3.97. The van der Waals surface area contributed by atoms with Crippen LogP contribution in [0.5, 0.6) is 11.5 Å². The quantitative estimate of drug-likeness (QED) is 0.640. The smallest absolute Gasteiger partial charge is 0.307 e. The van der Waals surface area contributed by atoms with Crippen molar-refractivity contribution in [2.45, 2.75) is 24.8 Å². The van der Waals surface area contributed by atoms with Crippen LogP contribution < -0.4 is 14.6 Å². The molecule has 28 heavy (non-hydrogen) atoms. The summed E-state index contributed by atoms with van der Waals surface area (Å²) in [5.41, 5.74) is -0.951. The van der Waals surface area contributed by atoms with Crippen LogP contribution in [0.3, 0.4) is 0 Å². The summed E-state index contributed by atoms with van der Waals surface area (Å²) >= 11 is 0. The van der Waals surface area contributed by atoms with Crippen molar-refractivity contribution >= 4 is 15.7 Å². The summed E-state index contributed by atoms with van der Waals surface area (Å²) in [6.45, 7) is 3.30. The molecule has 7 nitrogen and oxygen atoms in total. The van der Waals surface area contributed by atoms with Crippen molar-refractivity contribution < 1.29 is 18.4 Å². The van der Waals surface area contributed by atoms with E-state index in [4.69, 9.17) is 4.74 Å². The van der Waals surface area contributed by atoms with Crippen LogP contribution in [0, 0.1) is 0 Å². The van der Waals surface area contributed by atoms with Crippen molar-refractivity contribution in [2.24, 2.45) is 0 Å². The second kappa shape index (κ2) is 7.77. The molecule has 3 aromatic rings. The molecule has 1 aromatic heterocycles. The zero-order chi connectivity index (χ0) is 20.3. The maximum Gasteiger partial charge on any atom is 0.307 e. The predicted molar refractivity (Wildman–Crippen MR) is 106 cm³/mol. The van der Waals surface area contributed by atoms with Gasteiger partial charge in [-0.2, -0.15) is 4.73 Å². The maximum atomic E-state index is 13.2. The van der Waals surface area contributed by atoms with Gasteiger partial charge in [0.2, 0.25) is 0 Å². The number of para-hydroxylation sites is 1. The molecule has 0 saturated carbocycles. The molecular weight excluding hydrogens is 380 g/mol. The summed E-state index contributed by atoms with van der Waals surface area (Å²) in [4.78, 5) is 12.2. The largest absolute Gasteiger partial charge is 0.457 e. The highest BCUT2D eigenvalue weighted by Gasteiger charge is 2.29. The third-order valence-corrected chi connectivity index (χ3v) is 5.98. The van der Waals surface area contributed by atoms with E-state index >= 15 is 0 Å². The van der Waals surface area contributed by atoms with Gasteiger partial charge < -0.3 is 9.94 Å². The highest BCUT2D eigenvalue weighted by molar-refractivity contribution is 7.92. The van der Waals surface area contributed by atoms with Crippen LogP contribution >= 0.6 is 0 Å². The number of benzene rings is 2. The molecule has 8 heteroatoms. The average molecular weight is 400 g/mol. The molecule has 0 radical (unpaired) electrons.